The summed E-state index contributed by atoms with van der Waals surface area (Å²) in [5.74, 6) is -0.209. The molecule has 0 radical (unpaired) electrons. The first-order valence-corrected chi connectivity index (χ1v) is 6.65. The summed E-state index contributed by atoms with van der Waals surface area (Å²) in [6.07, 6.45) is 0. The molecule has 1 fully saturated rings. The molecule has 0 bridgehead atoms. The van der Waals surface area contributed by atoms with Crippen LogP contribution in [0.15, 0.2) is 6.07 Å². The Morgan fingerprint density at radius 2 is 2.15 bits per heavy atom. The molecule has 0 saturated carbocycles. The van der Waals surface area contributed by atoms with Crippen LogP contribution in [0.4, 0.5) is 0 Å². The quantitative estimate of drug-likeness (QED) is 0.772. The van der Waals surface area contributed by atoms with Gasteiger partial charge in [-0.2, -0.15) is 5.10 Å². The predicted molar refractivity (Wildman–Crippen MR) is 74.3 cm³/mol. The maximum atomic E-state index is 12.6. The van der Waals surface area contributed by atoms with Crippen molar-refractivity contribution in [3.05, 3.63) is 17.5 Å². The molecule has 1 aromatic heterocycles. The highest BCUT2D eigenvalue weighted by Gasteiger charge is 2.34. The average Bonchev–Trinajstić information content (AvgIpc) is 2.76. The van der Waals surface area contributed by atoms with Crippen LogP contribution < -0.4 is 5.32 Å². The van der Waals surface area contributed by atoms with Gasteiger partial charge in [0.25, 0.3) is 5.91 Å². The van der Waals surface area contributed by atoms with E-state index in [0.717, 1.165) is 5.69 Å². The van der Waals surface area contributed by atoms with E-state index in [4.69, 9.17) is 0 Å². The van der Waals surface area contributed by atoms with Crippen molar-refractivity contribution in [1.29, 1.82) is 0 Å². The van der Waals surface area contributed by atoms with E-state index < -0.39 is 6.04 Å². The summed E-state index contributed by atoms with van der Waals surface area (Å²) in [5.41, 5.74) is 1.31. The topological polar surface area (TPSA) is 70.5 Å². The van der Waals surface area contributed by atoms with E-state index in [1.54, 1.807) is 36.8 Å². The second-order valence-electron chi connectivity index (χ2n) is 5.25. The Labute approximate surface area is 118 Å². The monoisotopic (exact) mass is 279 g/mol. The van der Waals surface area contributed by atoms with E-state index >= 15 is 0 Å². The van der Waals surface area contributed by atoms with Crippen LogP contribution in [0.1, 0.15) is 16.2 Å². The first-order chi connectivity index (χ1) is 9.41. The number of hydrogen-bond acceptors (Lipinski definition) is 4. The fraction of sp³-hybridized carbons (Fsp3) is 0.615. The number of hydrogen-bond donors (Lipinski definition) is 1. The van der Waals surface area contributed by atoms with Gasteiger partial charge in [-0.15, -0.1) is 0 Å². The molecule has 1 aliphatic rings. The number of nitrogens with one attached hydrogen (secondary N) is 1. The van der Waals surface area contributed by atoms with Crippen LogP contribution in [0.25, 0.3) is 0 Å². The Morgan fingerprint density at radius 3 is 2.70 bits per heavy atom. The van der Waals surface area contributed by atoms with E-state index in [-0.39, 0.29) is 11.8 Å². The molecule has 1 saturated heterocycles. The second kappa shape index (κ2) is 5.62. The van der Waals surface area contributed by atoms with Crippen molar-refractivity contribution in [1.82, 2.24) is 24.9 Å². The van der Waals surface area contributed by atoms with E-state index in [1.807, 2.05) is 6.92 Å². The van der Waals surface area contributed by atoms with Crippen LogP contribution in [0.5, 0.6) is 0 Å². The van der Waals surface area contributed by atoms with Gasteiger partial charge in [-0.3, -0.25) is 14.3 Å². The summed E-state index contributed by atoms with van der Waals surface area (Å²) in [7, 11) is 5.15. The van der Waals surface area contributed by atoms with Gasteiger partial charge in [-0.1, -0.05) is 0 Å². The van der Waals surface area contributed by atoms with E-state index in [2.05, 4.69) is 10.4 Å². The summed E-state index contributed by atoms with van der Waals surface area (Å²) in [6, 6.07) is 1.29. The maximum Gasteiger partial charge on any atom is 0.272 e. The van der Waals surface area contributed by atoms with E-state index in [1.165, 1.54) is 4.90 Å². The van der Waals surface area contributed by atoms with Crippen LogP contribution in [0.3, 0.4) is 0 Å². The van der Waals surface area contributed by atoms with Crippen LogP contribution in [0.2, 0.25) is 0 Å². The largest absolute Gasteiger partial charge is 0.347 e. The summed E-state index contributed by atoms with van der Waals surface area (Å²) in [6.45, 7) is 3.55. The molecule has 1 atom stereocenters. The minimum atomic E-state index is -0.457. The second-order valence-corrected chi connectivity index (χ2v) is 5.25. The highest BCUT2D eigenvalue weighted by molar-refractivity contribution is 5.96. The third-order valence-corrected chi connectivity index (χ3v) is 3.45. The van der Waals surface area contributed by atoms with Crippen LogP contribution in [-0.2, 0) is 11.8 Å². The van der Waals surface area contributed by atoms with Gasteiger partial charge in [-0.25, -0.2) is 0 Å². The number of carbonyl (C=O) groups excluding carboxylic acids is 2. The number of piperazine rings is 1. The van der Waals surface area contributed by atoms with Crippen molar-refractivity contribution in [2.45, 2.75) is 13.0 Å². The molecule has 110 valence electrons. The standard InChI is InChI=1S/C13H21N5O2/c1-9-7-10(17(4)15-9)13(20)18-6-5-14-8-11(18)12(19)16(2)3/h7,11,14H,5-6,8H2,1-4H3. The number of likely N-dealkylation sites (N-methyl/N-ethyl adjacent to an activating group) is 1. The van der Waals surface area contributed by atoms with Crippen molar-refractivity contribution in [3.63, 3.8) is 0 Å². The Bertz CT molecular complexity index is 523. The van der Waals surface area contributed by atoms with Crippen molar-refractivity contribution < 1.29 is 9.59 Å². The number of rotatable bonds is 2. The zero-order chi connectivity index (χ0) is 14.9. The zero-order valence-electron chi connectivity index (χ0n) is 12.4. The average molecular weight is 279 g/mol. The number of aromatic nitrogens is 2. The molecule has 7 heteroatoms. The molecule has 2 heterocycles. The highest BCUT2D eigenvalue weighted by Crippen LogP contribution is 2.12. The molecule has 1 aliphatic heterocycles. The maximum absolute atomic E-state index is 12.6. The van der Waals surface area contributed by atoms with Crippen LogP contribution in [-0.4, -0.2) is 71.2 Å². The van der Waals surface area contributed by atoms with Gasteiger partial charge in [0.05, 0.1) is 5.69 Å². The predicted octanol–water partition coefficient (Wildman–Crippen LogP) is -0.769. The van der Waals surface area contributed by atoms with Crippen molar-refractivity contribution in [3.8, 4) is 0 Å². The Morgan fingerprint density at radius 1 is 1.45 bits per heavy atom. The minimum Gasteiger partial charge on any atom is -0.347 e. The first-order valence-electron chi connectivity index (χ1n) is 6.65. The van der Waals surface area contributed by atoms with Gasteiger partial charge < -0.3 is 15.1 Å². The number of nitrogens with zero attached hydrogens (tertiary/aromatic N) is 4. The van der Waals surface area contributed by atoms with Gasteiger partial charge in [0.15, 0.2) is 0 Å². The van der Waals surface area contributed by atoms with Gasteiger partial charge in [0.1, 0.15) is 11.7 Å². The smallest absolute Gasteiger partial charge is 0.272 e. The molecule has 0 spiro atoms. The third-order valence-electron chi connectivity index (χ3n) is 3.45. The third kappa shape index (κ3) is 2.67. The van der Waals surface area contributed by atoms with Crippen molar-refractivity contribution in [2.24, 2.45) is 7.05 Å². The summed E-state index contributed by atoms with van der Waals surface area (Å²) >= 11 is 0. The number of amides is 2. The molecule has 20 heavy (non-hydrogen) atoms. The molecule has 7 nitrogen and oxygen atoms in total. The van der Waals surface area contributed by atoms with Gasteiger partial charge >= 0.3 is 0 Å². The molecule has 1 N–H and O–H groups in total. The number of aryl methyl sites for hydroxylation is 2. The molecule has 2 rings (SSSR count). The normalized spacial score (nSPS) is 19.0. The van der Waals surface area contributed by atoms with Crippen LogP contribution in [0, 0.1) is 6.92 Å². The SMILES string of the molecule is Cc1cc(C(=O)N2CCNCC2C(=O)N(C)C)n(C)n1. The molecule has 2 amide bonds. The lowest BCUT2D eigenvalue weighted by Gasteiger charge is -2.36. The van der Waals surface area contributed by atoms with Gasteiger partial charge in [-0.05, 0) is 13.0 Å². The lowest BCUT2D eigenvalue weighted by molar-refractivity contribution is -0.134. The fourth-order valence-corrected chi connectivity index (χ4v) is 2.42. The molecule has 1 unspecified atom stereocenters. The van der Waals surface area contributed by atoms with Gasteiger partial charge in [0, 0.05) is 40.8 Å². The van der Waals surface area contributed by atoms with E-state index in [9.17, 15) is 9.59 Å². The number of carbonyl (C=O) groups is 2. The van der Waals surface area contributed by atoms with E-state index in [0.29, 0.717) is 25.3 Å². The summed E-state index contributed by atoms with van der Waals surface area (Å²) in [4.78, 5) is 28.0. The molecule has 1 aromatic rings. The highest BCUT2D eigenvalue weighted by atomic mass is 16.2. The minimum absolute atomic E-state index is 0.0653. The molecular formula is C13H21N5O2. The lowest BCUT2D eigenvalue weighted by Crippen LogP contribution is -2.59. The van der Waals surface area contributed by atoms with Crippen LogP contribution >= 0.6 is 0 Å². The fourth-order valence-electron chi connectivity index (χ4n) is 2.42. The molecule has 0 aliphatic carbocycles. The Hall–Kier alpha value is -1.89. The Kier molecular flexibility index (Phi) is 4.08. The zero-order valence-corrected chi connectivity index (χ0v) is 12.4. The van der Waals surface area contributed by atoms with Crippen molar-refractivity contribution in [2.75, 3.05) is 33.7 Å². The lowest BCUT2D eigenvalue weighted by atomic mass is 10.1. The molecular weight excluding hydrogens is 258 g/mol. The van der Waals surface area contributed by atoms with Crippen molar-refractivity contribution >= 4 is 11.8 Å². The summed E-state index contributed by atoms with van der Waals surface area (Å²) in [5, 5.41) is 7.35. The summed E-state index contributed by atoms with van der Waals surface area (Å²) < 4.78 is 1.57. The molecule has 0 aromatic carbocycles. The first kappa shape index (κ1) is 14.5. The van der Waals surface area contributed by atoms with Gasteiger partial charge in [0.2, 0.25) is 5.91 Å². The Balaban J connectivity index is 2.26.